The lowest BCUT2D eigenvalue weighted by Gasteiger charge is -2.27. The van der Waals surface area contributed by atoms with E-state index in [0.717, 1.165) is 4.90 Å². The number of imidazole rings is 1. The fourth-order valence-corrected chi connectivity index (χ4v) is 8.43. The Bertz CT molecular complexity index is 1440. The van der Waals surface area contributed by atoms with Gasteiger partial charge in [0.1, 0.15) is 29.9 Å². The Kier molecular flexibility index (Phi) is 9.55. The molecule has 2 aliphatic heterocycles. The summed E-state index contributed by atoms with van der Waals surface area (Å²) in [5, 5.41) is 27.1. The Morgan fingerprint density at radius 2 is 2.05 bits per heavy atom. The van der Waals surface area contributed by atoms with E-state index in [1.54, 1.807) is 13.8 Å². The van der Waals surface area contributed by atoms with E-state index in [0.29, 0.717) is 11.4 Å². The maximum absolute atomic E-state index is 14.0. The monoisotopic (exact) mass is 646 g/mol. The van der Waals surface area contributed by atoms with Crippen LogP contribution in [0.2, 0.25) is 0 Å². The summed E-state index contributed by atoms with van der Waals surface area (Å²) in [5.41, 5.74) is 4.27. The summed E-state index contributed by atoms with van der Waals surface area (Å²) in [6.45, 7) is 1.49. The van der Waals surface area contributed by atoms with E-state index in [1.165, 1.54) is 38.9 Å². The van der Waals surface area contributed by atoms with Crippen molar-refractivity contribution >= 4 is 53.1 Å². The van der Waals surface area contributed by atoms with E-state index in [4.69, 9.17) is 24.5 Å². The van der Waals surface area contributed by atoms with Gasteiger partial charge >= 0.3 is 18.7 Å². The molecule has 4 heterocycles. The van der Waals surface area contributed by atoms with E-state index in [-0.39, 0.29) is 28.7 Å². The summed E-state index contributed by atoms with van der Waals surface area (Å²) in [7, 11) is 2.79. The lowest BCUT2D eigenvalue weighted by atomic mass is 9.96. The highest BCUT2D eigenvalue weighted by molar-refractivity contribution is 8.56. The number of nitrogen functional groups attached to an aromatic ring is 1. The van der Waals surface area contributed by atoms with Gasteiger partial charge in [0.05, 0.1) is 26.1 Å². The Hall–Kier alpha value is -3.06. The van der Waals surface area contributed by atoms with Gasteiger partial charge in [0, 0.05) is 12.8 Å². The number of fused-ring (bicyclic) bond motifs is 1. The van der Waals surface area contributed by atoms with Crippen LogP contribution in [-0.4, -0.2) is 115 Å². The summed E-state index contributed by atoms with van der Waals surface area (Å²) >= 11 is 0.686. The predicted molar refractivity (Wildman–Crippen MR) is 152 cm³/mol. The molecule has 2 aromatic rings. The molecule has 0 aromatic carbocycles. The molecule has 4 rings (SSSR count). The van der Waals surface area contributed by atoms with Crippen molar-refractivity contribution in [3.63, 3.8) is 0 Å². The van der Waals surface area contributed by atoms with E-state index in [9.17, 15) is 29.2 Å². The van der Waals surface area contributed by atoms with Gasteiger partial charge in [0.15, 0.2) is 17.4 Å². The number of methoxy groups -OCH3 is 1. The van der Waals surface area contributed by atoms with Crippen molar-refractivity contribution in [2.75, 3.05) is 32.3 Å². The normalized spacial score (nSPS) is 27.9. The molecule has 0 aliphatic carbocycles. The number of aliphatic hydroxyl groups excluding tert-OH is 1. The number of nitrogens with one attached hydrogen (secondary N) is 2. The number of carbonyl (C=O) groups is 3. The minimum atomic E-state index is -4.05. The number of imide groups is 1. The molecular formula is C23H35N8O10PS. The first-order valence-electron chi connectivity index (χ1n) is 13.1. The first-order valence-corrected chi connectivity index (χ1v) is 16.3. The highest BCUT2D eigenvalue weighted by Crippen LogP contribution is 2.57. The number of hydrogen-bond donors (Lipinski definition) is 5. The van der Waals surface area contributed by atoms with Crippen molar-refractivity contribution < 1.29 is 47.9 Å². The van der Waals surface area contributed by atoms with Crippen molar-refractivity contribution in [1.29, 1.82) is 0 Å². The molecule has 238 valence electrons. The third-order valence-corrected chi connectivity index (χ3v) is 10.9. The molecule has 20 heteroatoms. The molecule has 0 spiro atoms. The maximum Gasteiger partial charge on any atom is 0.327 e. The molecule has 7 atom stereocenters. The zero-order valence-electron chi connectivity index (χ0n) is 24.3. The predicted octanol–water partition coefficient (Wildman–Crippen LogP) is -0.236. The van der Waals surface area contributed by atoms with Crippen LogP contribution in [0.4, 0.5) is 10.7 Å². The van der Waals surface area contributed by atoms with Crippen LogP contribution in [0.1, 0.15) is 33.9 Å². The van der Waals surface area contributed by atoms with Gasteiger partial charge in [-0.3, -0.25) is 24.0 Å². The molecule has 3 amide bonds. The molecule has 0 unspecified atom stereocenters. The lowest BCUT2D eigenvalue weighted by Crippen LogP contribution is -2.44. The average Bonchev–Trinajstić information content (AvgIpc) is 3.52. The number of likely N-dealkylation sites (N-methyl/N-ethyl adjacent to an activating group) is 1. The zero-order chi connectivity index (χ0) is 31.9. The van der Waals surface area contributed by atoms with Crippen LogP contribution in [0.25, 0.3) is 11.2 Å². The van der Waals surface area contributed by atoms with Gasteiger partial charge in [-0.25, -0.2) is 14.9 Å². The second-order valence-corrected chi connectivity index (χ2v) is 14.8. The molecule has 2 fully saturated rings. The van der Waals surface area contributed by atoms with Gasteiger partial charge in [-0.05, 0) is 27.7 Å². The van der Waals surface area contributed by atoms with E-state index >= 15 is 0 Å². The van der Waals surface area contributed by atoms with Gasteiger partial charge in [0.2, 0.25) is 11.8 Å². The fraction of sp³-hybridized carbons (Fsp3) is 0.652. The van der Waals surface area contributed by atoms with E-state index in [1.807, 2.05) is 0 Å². The molecule has 0 bridgehead atoms. The number of carbonyl (C=O) groups excluding carboxylic acids is 3. The minimum Gasteiger partial charge on any atom is -0.479 e. The Labute approximate surface area is 250 Å². The van der Waals surface area contributed by atoms with E-state index < -0.39 is 73.5 Å². The van der Waals surface area contributed by atoms with Gasteiger partial charge < -0.3 is 39.6 Å². The van der Waals surface area contributed by atoms with Crippen molar-refractivity contribution in [3.05, 3.63) is 6.33 Å². The number of aromatic nitrogens is 4. The summed E-state index contributed by atoms with van der Waals surface area (Å²) in [4.78, 5) is 50.1. The van der Waals surface area contributed by atoms with Crippen LogP contribution < -0.4 is 20.9 Å². The quantitative estimate of drug-likeness (QED) is 0.114. The zero-order valence-corrected chi connectivity index (χ0v) is 26.0. The van der Waals surface area contributed by atoms with Crippen molar-refractivity contribution in [2.24, 2.45) is 0 Å². The summed E-state index contributed by atoms with van der Waals surface area (Å²) in [6, 6.07) is -2.66. The number of ether oxygens (including phenoxy) is 3. The highest BCUT2D eigenvalue weighted by atomic mass is 32.7. The number of urea groups is 1. The Morgan fingerprint density at radius 3 is 2.65 bits per heavy atom. The molecule has 2 saturated heterocycles. The van der Waals surface area contributed by atoms with Crippen LogP contribution >= 0.6 is 18.1 Å². The average molecular weight is 647 g/mol. The first-order chi connectivity index (χ1) is 20.1. The third kappa shape index (κ3) is 6.72. The summed E-state index contributed by atoms with van der Waals surface area (Å²) in [5.74, 6) is -1.46. The highest BCUT2D eigenvalue weighted by Gasteiger charge is 2.54. The molecule has 0 saturated carbocycles. The van der Waals surface area contributed by atoms with Crippen LogP contribution in [0.15, 0.2) is 6.33 Å². The van der Waals surface area contributed by atoms with E-state index in [2.05, 4.69) is 25.4 Å². The fourth-order valence-electron chi connectivity index (χ4n) is 4.46. The van der Waals surface area contributed by atoms with Crippen LogP contribution in [-0.2, 0) is 28.2 Å². The number of nitrogens with two attached hydrogens (primary N) is 1. The summed E-state index contributed by atoms with van der Waals surface area (Å²) in [6.07, 6.45) is -3.16. The molecule has 18 nitrogen and oxygen atoms in total. The van der Waals surface area contributed by atoms with Gasteiger partial charge in [-0.15, -0.1) is 0 Å². The standard InChI is InChI=1S/C23H35N8O10PS/c1-10(2)40-19(34)11(3)29-42(37,43-8-12-17(33)27-22(35)30(12)5)39-7-13-15(32)23(4,36)20(41-13)31-9-25-14-16(31)26-21(24)28-18(14)38-6/h9-13,15,20,32,36H,7-8H2,1-6H3,(H,29,37)(H2,24,26,28)(H,27,33,35)/t11-,12+,13-,15-,20-,23-,42-/m1/s1. The molecule has 2 aromatic heterocycles. The number of rotatable bonds is 12. The van der Waals surface area contributed by atoms with Crippen LogP contribution in [0.5, 0.6) is 5.88 Å². The van der Waals surface area contributed by atoms with Crippen molar-refractivity contribution in [2.45, 2.75) is 69.9 Å². The van der Waals surface area contributed by atoms with Crippen LogP contribution in [0.3, 0.4) is 0 Å². The number of nitrogens with zero attached hydrogens (tertiary/aromatic N) is 5. The number of hydrogen-bond acceptors (Lipinski definition) is 15. The van der Waals surface area contributed by atoms with Gasteiger partial charge in [-0.2, -0.15) is 9.97 Å². The maximum atomic E-state index is 14.0. The minimum absolute atomic E-state index is 0.0942. The Balaban J connectivity index is 1.54. The first kappa shape index (κ1) is 32.8. The molecular weight excluding hydrogens is 611 g/mol. The second kappa shape index (κ2) is 12.5. The van der Waals surface area contributed by atoms with Crippen LogP contribution in [0, 0.1) is 0 Å². The molecule has 6 N–H and O–H groups in total. The lowest BCUT2D eigenvalue weighted by molar-refractivity contribution is -0.149. The van der Waals surface area contributed by atoms with Gasteiger partial charge in [-0.1, -0.05) is 11.4 Å². The third-order valence-electron chi connectivity index (χ3n) is 6.80. The van der Waals surface area contributed by atoms with Crippen molar-refractivity contribution in [1.82, 2.24) is 34.8 Å². The number of esters is 1. The van der Waals surface area contributed by atoms with Crippen molar-refractivity contribution in [3.8, 4) is 5.88 Å². The molecule has 2 aliphatic rings. The SMILES string of the molecule is COc1nc(N)nc2c1ncn2[C@@H]1O[C@H](CO[P@](=O)(N[C@H](C)C(=O)OC(C)C)SC[C@H]2C(=O)NC(=O)N2C)[C@@H](O)[C@@]1(C)O. The number of amides is 3. The number of anilines is 1. The smallest absolute Gasteiger partial charge is 0.327 e. The Morgan fingerprint density at radius 1 is 1.35 bits per heavy atom. The number of aliphatic hydroxyl groups is 2. The summed E-state index contributed by atoms with van der Waals surface area (Å²) < 4.78 is 37.5. The molecule has 43 heavy (non-hydrogen) atoms. The topological polar surface area (TPSA) is 243 Å². The molecule has 0 radical (unpaired) electrons. The largest absolute Gasteiger partial charge is 0.479 e. The second-order valence-electron chi connectivity index (χ2n) is 10.5. The van der Waals surface area contributed by atoms with Gasteiger partial charge in [0.25, 0.3) is 5.91 Å².